The van der Waals surface area contributed by atoms with Crippen LogP contribution in [0.3, 0.4) is 0 Å². The Bertz CT molecular complexity index is 1070. The van der Waals surface area contributed by atoms with Gasteiger partial charge in [-0.15, -0.1) is 0 Å². The van der Waals surface area contributed by atoms with E-state index in [1.54, 1.807) is 55.7 Å². The highest BCUT2D eigenvalue weighted by atomic mass is 16.6. The third-order valence-electron chi connectivity index (χ3n) is 4.24. The molecule has 0 bridgehead atoms. The van der Waals surface area contributed by atoms with Gasteiger partial charge >= 0.3 is 0 Å². The number of hydrogen-bond acceptors (Lipinski definition) is 5. The van der Waals surface area contributed by atoms with E-state index in [1.165, 1.54) is 12.1 Å². The molecule has 7 heteroatoms. The first-order chi connectivity index (χ1) is 14.6. The fraction of sp³-hybridized carbons (Fsp3) is 0.0435. The first-order valence-corrected chi connectivity index (χ1v) is 9.07. The van der Waals surface area contributed by atoms with Gasteiger partial charge in [0.25, 0.3) is 11.6 Å². The summed E-state index contributed by atoms with van der Waals surface area (Å²) in [6.45, 7) is 0. The van der Waals surface area contributed by atoms with E-state index in [1.807, 2.05) is 30.3 Å². The van der Waals surface area contributed by atoms with Crippen LogP contribution in [0.15, 0.2) is 90.0 Å². The second-order valence-corrected chi connectivity index (χ2v) is 6.21. The Morgan fingerprint density at radius 3 is 2.23 bits per heavy atom. The van der Waals surface area contributed by atoms with E-state index in [0.717, 1.165) is 11.1 Å². The van der Waals surface area contributed by atoms with Gasteiger partial charge in [0.15, 0.2) is 0 Å². The number of ether oxygens (including phenoxy) is 1. The standard InChI is InChI=1S/C23H19N3O4/c1-30-21-14-10-19(11-15-21)23(27)25-24-22(18-5-3-2-4-6-18)16-9-17-7-12-20(13-8-17)26(28)29/h2-16H,1H3,(H,25,27)/b16-9-,24-22?. The van der Waals surface area contributed by atoms with Crippen molar-refractivity contribution in [1.82, 2.24) is 5.43 Å². The molecule has 0 spiro atoms. The molecule has 30 heavy (non-hydrogen) atoms. The maximum atomic E-state index is 12.4. The van der Waals surface area contributed by atoms with E-state index in [-0.39, 0.29) is 11.6 Å². The summed E-state index contributed by atoms with van der Waals surface area (Å²) in [6, 6.07) is 22.2. The van der Waals surface area contributed by atoms with Crippen molar-refractivity contribution in [1.29, 1.82) is 0 Å². The van der Waals surface area contributed by atoms with Gasteiger partial charge in [-0.05, 0) is 48.0 Å². The maximum absolute atomic E-state index is 12.4. The minimum Gasteiger partial charge on any atom is -0.497 e. The Labute approximate surface area is 173 Å². The number of rotatable bonds is 7. The van der Waals surface area contributed by atoms with E-state index < -0.39 is 4.92 Å². The lowest BCUT2D eigenvalue weighted by Crippen LogP contribution is -2.19. The zero-order valence-corrected chi connectivity index (χ0v) is 16.2. The number of carbonyl (C=O) groups excluding carboxylic acids is 1. The molecule has 0 saturated carbocycles. The average Bonchev–Trinajstić information content (AvgIpc) is 2.80. The lowest BCUT2D eigenvalue weighted by atomic mass is 10.1. The second kappa shape index (κ2) is 9.79. The van der Waals surface area contributed by atoms with Crippen LogP contribution in [-0.4, -0.2) is 23.7 Å². The SMILES string of the molecule is COc1ccc(C(=O)NN=C(/C=C\c2ccc([N+](=O)[O-])cc2)c2ccccc2)cc1. The van der Waals surface area contributed by atoms with Gasteiger partial charge in [-0.1, -0.05) is 36.4 Å². The number of hydrazone groups is 1. The van der Waals surface area contributed by atoms with Gasteiger partial charge in [-0.25, -0.2) is 5.43 Å². The molecule has 3 aromatic rings. The Balaban J connectivity index is 1.81. The van der Waals surface area contributed by atoms with Crippen molar-refractivity contribution in [2.75, 3.05) is 7.11 Å². The molecule has 0 saturated heterocycles. The van der Waals surface area contributed by atoms with Gasteiger partial charge in [-0.2, -0.15) is 5.10 Å². The van der Waals surface area contributed by atoms with Crippen molar-refractivity contribution in [2.45, 2.75) is 0 Å². The summed E-state index contributed by atoms with van der Waals surface area (Å²) in [7, 11) is 1.56. The number of nitro benzene ring substituents is 1. The normalized spacial score (nSPS) is 11.3. The van der Waals surface area contributed by atoms with Crippen molar-refractivity contribution in [3.05, 3.63) is 112 Å². The Hall–Kier alpha value is -4.26. The highest BCUT2D eigenvalue weighted by molar-refractivity contribution is 6.11. The van der Waals surface area contributed by atoms with Crippen LogP contribution >= 0.6 is 0 Å². The molecule has 3 aromatic carbocycles. The van der Waals surface area contributed by atoms with Crippen LogP contribution in [0.2, 0.25) is 0 Å². The molecule has 0 aliphatic carbocycles. The van der Waals surface area contributed by atoms with Crippen molar-refractivity contribution in [3.63, 3.8) is 0 Å². The summed E-state index contributed by atoms with van der Waals surface area (Å²) in [4.78, 5) is 22.7. The lowest BCUT2D eigenvalue weighted by molar-refractivity contribution is -0.384. The number of hydrogen-bond donors (Lipinski definition) is 1. The molecule has 0 aliphatic heterocycles. The third kappa shape index (κ3) is 5.39. The number of allylic oxidation sites excluding steroid dienone is 1. The Morgan fingerprint density at radius 1 is 0.967 bits per heavy atom. The molecule has 1 amide bonds. The Kier molecular flexibility index (Phi) is 6.68. The van der Waals surface area contributed by atoms with Crippen LogP contribution in [0.5, 0.6) is 5.75 Å². The first kappa shape index (κ1) is 20.5. The molecule has 3 rings (SSSR count). The zero-order chi connectivity index (χ0) is 21.3. The van der Waals surface area contributed by atoms with E-state index >= 15 is 0 Å². The third-order valence-corrected chi connectivity index (χ3v) is 4.24. The molecule has 0 atom stereocenters. The van der Waals surface area contributed by atoms with E-state index in [4.69, 9.17) is 4.74 Å². The summed E-state index contributed by atoms with van der Waals surface area (Å²) < 4.78 is 5.09. The summed E-state index contributed by atoms with van der Waals surface area (Å²) in [5.74, 6) is 0.306. The minimum atomic E-state index is -0.445. The molecule has 1 N–H and O–H groups in total. The largest absolute Gasteiger partial charge is 0.497 e. The quantitative estimate of drug-likeness (QED) is 0.359. The average molecular weight is 401 g/mol. The topological polar surface area (TPSA) is 93.8 Å². The number of non-ortho nitro benzene ring substituents is 1. The summed E-state index contributed by atoms with van der Waals surface area (Å²) >= 11 is 0. The first-order valence-electron chi connectivity index (χ1n) is 9.07. The Morgan fingerprint density at radius 2 is 1.63 bits per heavy atom. The zero-order valence-electron chi connectivity index (χ0n) is 16.2. The highest BCUT2D eigenvalue weighted by Crippen LogP contribution is 2.14. The molecular weight excluding hydrogens is 382 g/mol. The molecular formula is C23H19N3O4. The molecule has 7 nitrogen and oxygen atoms in total. The number of nitro groups is 1. The van der Waals surface area contributed by atoms with Crippen molar-refractivity contribution >= 4 is 23.4 Å². The summed E-state index contributed by atoms with van der Waals surface area (Å²) in [6.07, 6.45) is 3.51. The van der Waals surface area contributed by atoms with Gasteiger partial charge in [-0.3, -0.25) is 14.9 Å². The minimum absolute atomic E-state index is 0.0239. The monoisotopic (exact) mass is 401 g/mol. The lowest BCUT2D eigenvalue weighted by Gasteiger charge is -2.05. The number of benzene rings is 3. The second-order valence-electron chi connectivity index (χ2n) is 6.21. The molecule has 0 aliphatic rings. The predicted octanol–water partition coefficient (Wildman–Crippen LogP) is 4.45. The van der Waals surface area contributed by atoms with Gasteiger partial charge in [0.2, 0.25) is 0 Å². The van der Waals surface area contributed by atoms with Gasteiger partial charge < -0.3 is 4.74 Å². The molecule has 0 radical (unpaired) electrons. The maximum Gasteiger partial charge on any atom is 0.271 e. The van der Waals surface area contributed by atoms with Crippen LogP contribution in [0.1, 0.15) is 21.5 Å². The summed E-state index contributed by atoms with van der Waals surface area (Å²) in [5.41, 5.74) is 5.15. The number of amides is 1. The molecule has 0 unspecified atom stereocenters. The number of nitrogens with zero attached hydrogens (tertiary/aromatic N) is 2. The van der Waals surface area contributed by atoms with E-state index in [0.29, 0.717) is 17.0 Å². The summed E-state index contributed by atoms with van der Waals surface area (Å²) in [5, 5.41) is 15.1. The fourth-order valence-electron chi connectivity index (χ4n) is 2.61. The smallest absolute Gasteiger partial charge is 0.271 e. The van der Waals surface area contributed by atoms with E-state index in [2.05, 4.69) is 10.5 Å². The predicted molar refractivity (Wildman–Crippen MR) is 116 cm³/mol. The number of carbonyl (C=O) groups is 1. The molecule has 150 valence electrons. The van der Waals surface area contributed by atoms with Crippen molar-refractivity contribution < 1.29 is 14.5 Å². The van der Waals surface area contributed by atoms with E-state index in [9.17, 15) is 14.9 Å². The van der Waals surface area contributed by atoms with Crippen LogP contribution in [-0.2, 0) is 0 Å². The van der Waals surface area contributed by atoms with Gasteiger partial charge in [0.05, 0.1) is 17.7 Å². The van der Waals surface area contributed by atoms with Gasteiger partial charge in [0.1, 0.15) is 5.75 Å². The van der Waals surface area contributed by atoms with Crippen molar-refractivity contribution in [3.8, 4) is 5.75 Å². The fourth-order valence-corrected chi connectivity index (χ4v) is 2.61. The van der Waals surface area contributed by atoms with Crippen LogP contribution in [0.4, 0.5) is 5.69 Å². The highest BCUT2D eigenvalue weighted by Gasteiger charge is 2.07. The number of nitrogens with one attached hydrogen (secondary N) is 1. The molecule has 0 heterocycles. The van der Waals surface area contributed by atoms with Crippen molar-refractivity contribution in [2.24, 2.45) is 5.10 Å². The molecule has 0 fully saturated rings. The molecule has 0 aromatic heterocycles. The van der Waals surface area contributed by atoms with Crippen LogP contribution in [0, 0.1) is 10.1 Å². The number of methoxy groups -OCH3 is 1. The van der Waals surface area contributed by atoms with Crippen LogP contribution < -0.4 is 10.2 Å². The van der Waals surface area contributed by atoms with Gasteiger partial charge in [0, 0.05) is 23.3 Å². The van der Waals surface area contributed by atoms with Crippen LogP contribution in [0.25, 0.3) is 6.08 Å².